The van der Waals surface area contributed by atoms with Crippen molar-refractivity contribution in [3.63, 3.8) is 0 Å². The number of halogens is 1. The molecule has 1 aliphatic rings. The summed E-state index contributed by atoms with van der Waals surface area (Å²) in [7, 11) is -3.51. The van der Waals surface area contributed by atoms with Crippen LogP contribution in [0.5, 0.6) is 0 Å². The summed E-state index contributed by atoms with van der Waals surface area (Å²) in [6.45, 7) is 0.529. The molecule has 2 aromatic heterocycles. The maximum atomic E-state index is 12.6. The van der Waals surface area contributed by atoms with Crippen LogP contribution in [0, 0.1) is 0 Å². The van der Waals surface area contributed by atoms with Crippen LogP contribution in [0.15, 0.2) is 28.7 Å². The van der Waals surface area contributed by atoms with Crippen LogP contribution in [0.2, 0.25) is 4.47 Å². The first-order valence-electron chi connectivity index (χ1n) is 5.85. The summed E-state index contributed by atoms with van der Waals surface area (Å²) in [6.07, 6.45) is 4.82. The zero-order valence-electron chi connectivity index (χ0n) is 9.91. The van der Waals surface area contributed by atoms with E-state index < -0.39 is 10.0 Å². The number of rotatable bonds is 3. The summed E-state index contributed by atoms with van der Waals surface area (Å²) < 4.78 is 27.1. The van der Waals surface area contributed by atoms with E-state index in [1.54, 1.807) is 0 Å². The number of hydrogen-bond donors (Lipinski definition) is 1. The van der Waals surface area contributed by atoms with Crippen LogP contribution >= 0.6 is 22.9 Å². The fourth-order valence-corrected chi connectivity index (χ4v) is 5.46. The van der Waals surface area contributed by atoms with Crippen LogP contribution in [0.1, 0.15) is 24.6 Å². The predicted molar refractivity (Wildman–Crippen MR) is 73.8 cm³/mol. The Hall–Kier alpha value is -0.890. The normalized spacial score (nSPS) is 21.0. The lowest BCUT2D eigenvalue weighted by Crippen LogP contribution is -2.30. The van der Waals surface area contributed by atoms with Gasteiger partial charge in [-0.2, -0.15) is 4.31 Å². The number of H-pyrrole nitrogens is 1. The van der Waals surface area contributed by atoms with Gasteiger partial charge in [0.25, 0.3) is 10.0 Å². The highest BCUT2D eigenvalue weighted by atomic mass is 35.5. The zero-order chi connectivity index (χ0) is 13.5. The average molecular weight is 318 g/mol. The molecule has 0 radical (unpaired) electrons. The molecule has 0 spiro atoms. The second-order valence-electron chi connectivity index (χ2n) is 4.33. The first-order valence-corrected chi connectivity index (χ1v) is 8.49. The molecule has 0 aliphatic carbocycles. The maximum Gasteiger partial charge on any atom is 0.254 e. The number of aromatic amines is 1. The summed E-state index contributed by atoms with van der Waals surface area (Å²) in [4.78, 5) is 6.91. The van der Waals surface area contributed by atoms with Gasteiger partial charge in [0.1, 0.15) is 0 Å². The van der Waals surface area contributed by atoms with Crippen molar-refractivity contribution in [3.05, 3.63) is 34.7 Å². The minimum Gasteiger partial charge on any atom is -0.364 e. The summed E-state index contributed by atoms with van der Waals surface area (Å²) >= 11 is 6.72. The van der Waals surface area contributed by atoms with Gasteiger partial charge in [-0.25, -0.2) is 13.4 Å². The third-order valence-electron chi connectivity index (χ3n) is 3.20. The van der Waals surface area contributed by atoms with E-state index in [-0.39, 0.29) is 14.7 Å². The van der Waals surface area contributed by atoms with E-state index in [2.05, 4.69) is 9.97 Å². The average Bonchev–Trinajstić information content (AvgIpc) is 3.09. The van der Waals surface area contributed by atoms with Gasteiger partial charge in [-0.05, 0) is 25.0 Å². The molecule has 1 N–H and O–H groups in total. The Balaban J connectivity index is 1.96. The Labute approximate surface area is 120 Å². The second kappa shape index (κ2) is 4.90. The fourth-order valence-electron chi connectivity index (χ4n) is 2.36. The van der Waals surface area contributed by atoms with Crippen molar-refractivity contribution in [3.8, 4) is 0 Å². The van der Waals surface area contributed by atoms with Gasteiger partial charge in [-0.3, -0.25) is 0 Å². The highest BCUT2D eigenvalue weighted by Crippen LogP contribution is 2.37. The van der Waals surface area contributed by atoms with E-state index in [1.165, 1.54) is 10.5 Å². The largest absolute Gasteiger partial charge is 0.364 e. The first kappa shape index (κ1) is 13.1. The molecule has 1 saturated heterocycles. The Morgan fingerprint density at radius 3 is 3.00 bits per heavy atom. The minimum atomic E-state index is -3.51. The highest BCUT2D eigenvalue weighted by Gasteiger charge is 2.37. The SMILES string of the molecule is O=S(=O)(c1cnc(Cl)s1)N1CCCC1c1ccc[nH]1. The van der Waals surface area contributed by atoms with E-state index in [9.17, 15) is 8.42 Å². The molecule has 0 amide bonds. The molecule has 19 heavy (non-hydrogen) atoms. The molecular formula is C11H12ClN3O2S2. The van der Waals surface area contributed by atoms with Crippen molar-refractivity contribution in [2.24, 2.45) is 0 Å². The standard InChI is InChI=1S/C11H12ClN3O2S2/c12-11-14-7-10(18-11)19(16,17)15-6-2-4-9(15)8-3-1-5-13-8/h1,3,5,7,9,13H,2,4,6H2. The third-order valence-corrected chi connectivity index (χ3v) is 6.66. The summed E-state index contributed by atoms with van der Waals surface area (Å²) in [6, 6.07) is 3.67. The van der Waals surface area contributed by atoms with Gasteiger partial charge in [0.05, 0.1) is 12.2 Å². The molecule has 1 fully saturated rings. The lowest BCUT2D eigenvalue weighted by Gasteiger charge is -2.22. The lowest BCUT2D eigenvalue weighted by molar-refractivity contribution is 0.392. The van der Waals surface area contributed by atoms with Gasteiger partial charge in [0, 0.05) is 18.4 Å². The fraction of sp³-hybridized carbons (Fsp3) is 0.364. The van der Waals surface area contributed by atoms with Crippen LogP contribution < -0.4 is 0 Å². The Kier molecular flexibility index (Phi) is 3.38. The molecule has 102 valence electrons. The Bertz CT molecular complexity index is 666. The smallest absolute Gasteiger partial charge is 0.254 e. The zero-order valence-corrected chi connectivity index (χ0v) is 12.3. The van der Waals surface area contributed by atoms with E-state index in [0.29, 0.717) is 6.54 Å². The van der Waals surface area contributed by atoms with Crippen LogP contribution in [0.3, 0.4) is 0 Å². The molecular weight excluding hydrogens is 306 g/mol. The molecule has 8 heteroatoms. The summed E-state index contributed by atoms with van der Waals surface area (Å²) in [5.74, 6) is 0. The highest BCUT2D eigenvalue weighted by molar-refractivity contribution is 7.91. The van der Waals surface area contributed by atoms with Crippen molar-refractivity contribution in [1.29, 1.82) is 0 Å². The van der Waals surface area contributed by atoms with Crippen molar-refractivity contribution >= 4 is 33.0 Å². The van der Waals surface area contributed by atoms with Crippen LogP contribution in [0.4, 0.5) is 0 Å². The van der Waals surface area contributed by atoms with Crippen molar-refractivity contribution < 1.29 is 8.42 Å². The van der Waals surface area contributed by atoms with Crippen molar-refractivity contribution in [2.75, 3.05) is 6.54 Å². The van der Waals surface area contributed by atoms with Gasteiger partial charge in [-0.1, -0.05) is 22.9 Å². The van der Waals surface area contributed by atoms with E-state index in [4.69, 9.17) is 11.6 Å². The van der Waals surface area contributed by atoms with E-state index in [1.807, 2.05) is 18.3 Å². The van der Waals surface area contributed by atoms with E-state index >= 15 is 0 Å². The summed E-state index contributed by atoms with van der Waals surface area (Å²) in [5.41, 5.74) is 0.927. The van der Waals surface area contributed by atoms with Crippen molar-refractivity contribution in [2.45, 2.75) is 23.1 Å². The molecule has 1 atom stereocenters. The number of nitrogens with one attached hydrogen (secondary N) is 1. The molecule has 0 saturated carbocycles. The number of sulfonamides is 1. The van der Waals surface area contributed by atoms with Crippen molar-refractivity contribution in [1.82, 2.24) is 14.3 Å². The first-order chi connectivity index (χ1) is 9.09. The molecule has 5 nitrogen and oxygen atoms in total. The minimum absolute atomic E-state index is 0.124. The molecule has 3 rings (SSSR count). The van der Waals surface area contributed by atoms with Gasteiger partial charge in [0.2, 0.25) is 0 Å². The van der Waals surface area contributed by atoms with Gasteiger partial charge < -0.3 is 4.98 Å². The molecule has 1 aliphatic heterocycles. The van der Waals surface area contributed by atoms with Crippen LogP contribution in [-0.2, 0) is 10.0 Å². The quantitative estimate of drug-likeness (QED) is 0.946. The molecule has 2 aromatic rings. The van der Waals surface area contributed by atoms with Crippen LogP contribution in [0.25, 0.3) is 0 Å². The lowest BCUT2D eigenvalue weighted by atomic mass is 10.2. The van der Waals surface area contributed by atoms with Gasteiger partial charge >= 0.3 is 0 Å². The monoisotopic (exact) mass is 317 g/mol. The van der Waals surface area contributed by atoms with Gasteiger partial charge in [0.15, 0.2) is 8.68 Å². The maximum absolute atomic E-state index is 12.6. The molecule has 0 aromatic carbocycles. The topological polar surface area (TPSA) is 66.1 Å². The summed E-state index contributed by atoms with van der Waals surface area (Å²) in [5, 5.41) is 0. The number of hydrogen-bond acceptors (Lipinski definition) is 4. The number of thiazole rings is 1. The molecule has 0 bridgehead atoms. The predicted octanol–water partition coefficient (Wildman–Crippen LogP) is 2.65. The third kappa shape index (κ3) is 2.31. The Morgan fingerprint density at radius 2 is 2.37 bits per heavy atom. The van der Waals surface area contributed by atoms with Gasteiger partial charge in [-0.15, -0.1) is 0 Å². The second-order valence-corrected chi connectivity index (χ2v) is 8.06. The number of nitrogens with zero attached hydrogens (tertiary/aromatic N) is 2. The Morgan fingerprint density at radius 1 is 1.53 bits per heavy atom. The molecule has 1 unspecified atom stereocenters. The van der Waals surface area contributed by atoms with Crippen LogP contribution in [-0.4, -0.2) is 29.2 Å². The van der Waals surface area contributed by atoms with E-state index in [0.717, 1.165) is 29.9 Å². The number of aromatic nitrogens is 2. The molecule has 3 heterocycles.